The summed E-state index contributed by atoms with van der Waals surface area (Å²) in [6.45, 7) is 5.42. The minimum Gasteiger partial charge on any atom is -0.330 e. The molecule has 2 aromatic rings. The van der Waals surface area contributed by atoms with Gasteiger partial charge in [0.2, 0.25) is 0 Å². The van der Waals surface area contributed by atoms with Crippen molar-refractivity contribution in [3.8, 4) is 0 Å². The van der Waals surface area contributed by atoms with Crippen LogP contribution >= 0.6 is 11.3 Å². The maximum atomic E-state index is 5.66. The summed E-state index contributed by atoms with van der Waals surface area (Å²) in [5.41, 5.74) is 7.51. The summed E-state index contributed by atoms with van der Waals surface area (Å²) >= 11 is 1.85. The molecule has 0 saturated heterocycles. The van der Waals surface area contributed by atoms with Crippen LogP contribution in [0.1, 0.15) is 32.3 Å². The van der Waals surface area contributed by atoms with E-state index < -0.39 is 0 Å². The second-order valence-electron chi connectivity index (χ2n) is 5.46. The Morgan fingerprint density at radius 3 is 2.71 bits per heavy atom. The van der Waals surface area contributed by atoms with Crippen molar-refractivity contribution in [2.45, 2.75) is 33.1 Å². The Morgan fingerprint density at radius 2 is 1.94 bits per heavy atom. The average Bonchev–Trinajstić information content (AvgIpc) is 2.70. The van der Waals surface area contributed by atoms with Crippen LogP contribution in [0.15, 0.2) is 29.6 Å². The summed E-state index contributed by atoms with van der Waals surface area (Å²) in [4.78, 5) is 0. The van der Waals surface area contributed by atoms with Gasteiger partial charge in [-0.15, -0.1) is 11.3 Å². The molecule has 1 aromatic heterocycles. The molecule has 0 aliphatic heterocycles. The summed E-state index contributed by atoms with van der Waals surface area (Å²) in [5, 5.41) is 3.74. The molecule has 1 nitrogen and oxygen atoms in total. The van der Waals surface area contributed by atoms with Crippen molar-refractivity contribution in [3.63, 3.8) is 0 Å². The van der Waals surface area contributed by atoms with E-state index in [4.69, 9.17) is 5.73 Å². The molecule has 0 amide bonds. The van der Waals surface area contributed by atoms with E-state index in [1.54, 1.807) is 0 Å². The van der Waals surface area contributed by atoms with Gasteiger partial charge in [0.15, 0.2) is 0 Å². The summed E-state index contributed by atoms with van der Waals surface area (Å²) in [7, 11) is 0. The first-order valence-corrected chi connectivity index (χ1v) is 7.15. The highest BCUT2D eigenvalue weighted by atomic mass is 32.1. The van der Waals surface area contributed by atoms with Gasteiger partial charge in [0.1, 0.15) is 0 Å². The maximum absolute atomic E-state index is 5.66. The molecule has 2 rings (SSSR count). The molecule has 0 fully saturated rings. The first-order chi connectivity index (χ1) is 8.12. The monoisotopic (exact) mass is 247 g/mol. The normalized spacial score (nSPS) is 12.2. The third kappa shape index (κ3) is 3.08. The SMILES string of the molecule is CC(C)(CCN)CCc1csc2ccccc12. The molecule has 0 aliphatic carbocycles. The van der Waals surface area contributed by atoms with Gasteiger partial charge in [-0.2, -0.15) is 0 Å². The predicted octanol–water partition coefficient (Wildman–Crippen LogP) is 4.21. The van der Waals surface area contributed by atoms with Gasteiger partial charge in [0.05, 0.1) is 0 Å². The lowest BCUT2D eigenvalue weighted by molar-refractivity contribution is 0.314. The van der Waals surface area contributed by atoms with E-state index in [-0.39, 0.29) is 0 Å². The second kappa shape index (κ2) is 5.19. The number of rotatable bonds is 5. The zero-order chi connectivity index (χ0) is 12.3. The molecule has 0 aliphatic rings. The van der Waals surface area contributed by atoms with Crippen molar-refractivity contribution in [3.05, 3.63) is 35.2 Å². The molecule has 1 heterocycles. The molecule has 0 bridgehead atoms. The van der Waals surface area contributed by atoms with Crippen molar-refractivity contribution in [1.82, 2.24) is 0 Å². The largest absolute Gasteiger partial charge is 0.330 e. The number of hydrogen-bond donors (Lipinski definition) is 1. The van der Waals surface area contributed by atoms with Crippen LogP contribution in [0.3, 0.4) is 0 Å². The highest BCUT2D eigenvalue weighted by Crippen LogP contribution is 2.31. The zero-order valence-electron chi connectivity index (χ0n) is 10.7. The number of aryl methyl sites for hydroxylation is 1. The van der Waals surface area contributed by atoms with E-state index in [1.807, 2.05) is 11.3 Å². The van der Waals surface area contributed by atoms with Gasteiger partial charge < -0.3 is 5.73 Å². The molecule has 92 valence electrons. The van der Waals surface area contributed by atoms with Gasteiger partial charge in [-0.3, -0.25) is 0 Å². The van der Waals surface area contributed by atoms with Crippen LogP contribution in [0.2, 0.25) is 0 Å². The zero-order valence-corrected chi connectivity index (χ0v) is 11.5. The van der Waals surface area contributed by atoms with Crippen molar-refractivity contribution >= 4 is 21.4 Å². The third-order valence-electron chi connectivity index (χ3n) is 3.45. The van der Waals surface area contributed by atoms with Gasteiger partial charge in [-0.1, -0.05) is 32.0 Å². The Bertz CT molecular complexity index is 484. The van der Waals surface area contributed by atoms with Crippen molar-refractivity contribution in [1.29, 1.82) is 0 Å². The molecule has 0 atom stereocenters. The molecular weight excluding hydrogens is 226 g/mol. The van der Waals surface area contributed by atoms with Crippen molar-refractivity contribution in [2.75, 3.05) is 6.54 Å². The van der Waals surface area contributed by atoms with Crippen molar-refractivity contribution in [2.24, 2.45) is 11.1 Å². The van der Waals surface area contributed by atoms with Crippen LogP contribution in [-0.4, -0.2) is 6.54 Å². The summed E-state index contributed by atoms with van der Waals surface area (Å²) < 4.78 is 1.40. The molecule has 0 unspecified atom stereocenters. The summed E-state index contributed by atoms with van der Waals surface area (Å²) in [6, 6.07) is 8.68. The first-order valence-electron chi connectivity index (χ1n) is 6.27. The number of benzene rings is 1. The molecule has 2 heteroatoms. The van der Waals surface area contributed by atoms with E-state index in [9.17, 15) is 0 Å². The van der Waals surface area contributed by atoms with Crippen LogP contribution in [-0.2, 0) is 6.42 Å². The van der Waals surface area contributed by atoms with Gasteiger partial charge in [-0.05, 0) is 53.6 Å². The van der Waals surface area contributed by atoms with Crippen LogP contribution in [0.5, 0.6) is 0 Å². The molecule has 0 radical (unpaired) electrons. The maximum Gasteiger partial charge on any atom is 0.0345 e. The summed E-state index contributed by atoms with van der Waals surface area (Å²) in [5.74, 6) is 0. The highest BCUT2D eigenvalue weighted by molar-refractivity contribution is 7.17. The first kappa shape index (κ1) is 12.6. The van der Waals surface area contributed by atoms with E-state index in [0.717, 1.165) is 19.4 Å². The van der Waals surface area contributed by atoms with Crippen LogP contribution in [0.25, 0.3) is 10.1 Å². The van der Waals surface area contributed by atoms with E-state index in [2.05, 4.69) is 43.5 Å². The van der Waals surface area contributed by atoms with E-state index in [0.29, 0.717) is 5.41 Å². The second-order valence-corrected chi connectivity index (χ2v) is 6.37. The lowest BCUT2D eigenvalue weighted by Gasteiger charge is -2.23. The Hall–Kier alpha value is -0.860. The lowest BCUT2D eigenvalue weighted by Crippen LogP contribution is -2.17. The molecule has 0 saturated carbocycles. The predicted molar refractivity (Wildman–Crippen MR) is 77.6 cm³/mol. The number of hydrogen-bond acceptors (Lipinski definition) is 2. The van der Waals surface area contributed by atoms with Crippen LogP contribution in [0, 0.1) is 5.41 Å². The van der Waals surface area contributed by atoms with E-state index in [1.165, 1.54) is 22.1 Å². The molecule has 17 heavy (non-hydrogen) atoms. The lowest BCUT2D eigenvalue weighted by atomic mass is 9.83. The third-order valence-corrected chi connectivity index (χ3v) is 4.47. The number of fused-ring (bicyclic) bond motifs is 1. The fourth-order valence-corrected chi connectivity index (χ4v) is 3.21. The van der Waals surface area contributed by atoms with Crippen LogP contribution in [0.4, 0.5) is 0 Å². The standard InChI is InChI=1S/C15H21NS/c1-15(2,9-10-16)8-7-12-11-17-14-6-4-3-5-13(12)14/h3-6,11H,7-10,16H2,1-2H3. The Balaban J connectivity index is 2.09. The molecular formula is C15H21NS. The highest BCUT2D eigenvalue weighted by Gasteiger charge is 2.17. The summed E-state index contributed by atoms with van der Waals surface area (Å²) in [6.07, 6.45) is 3.48. The quantitative estimate of drug-likeness (QED) is 0.841. The number of nitrogens with two attached hydrogens (primary N) is 1. The Labute approximate surface area is 108 Å². The van der Waals surface area contributed by atoms with Crippen molar-refractivity contribution < 1.29 is 0 Å². The Kier molecular flexibility index (Phi) is 3.85. The topological polar surface area (TPSA) is 26.0 Å². The van der Waals surface area contributed by atoms with Gasteiger partial charge in [0, 0.05) is 4.70 Å². The van der Waals surface area contributed by atoms with E-state index >= 15 is 0 Å². The Morgan fingerprint density at radius 1 is 1.18 bits per heavy atom. The van der Waals surface area contributed by atoms with Gasteiger partial charge >= 0.3 is 0 Å². The van der Waals surface area contributed by atoms with Gasteiger partial charge in [-0.25, -0.2) is 0 Å². The smallest absolute Gasteiger partial charge is 0.0345 e. The fraction of sp³-hybridized carbons (Fsp3) is 0.467. The molecule has 0 spiro atoms. The minimum absolute atomic E-state index is 0.359. The average molecular weight is 247 g/mol. The van der Waals surface area contributed by atoms with Crippen LogP contribution < -0.4 is 5.73 Å². The molecule has 2 N–H and O–H groups in total. The molecule has 1 aromatic carbocycles. The fourth-order valence-electron chi connectivity index (χ4n) is 2.22. The minimum atomic E-state index is 0.359. The number of thiophene rings is 1. The van der Waals surface area contributed by atoms with Gasteiger partial charge in [0.25, 0.3) is 0 Å².